The first-order valence-corrected chi connectivity index (χ1v) is 4.94. The van der Waals surface area contributed by atoms with E-state index in [9.17, 15) is 22.0 Å². The lowest BCUT2D eigenvalue weighted by Crippen LogP contribution is -2.35. The van der Waals surface area contributed by atoms with Gasteiger partial charge in [-0.15, -0.1) is 0 Å². The van der Waals surface area contributed by atoms with Gasteiger partial charge in [-0.25, -0.2) is 8.78 Å². The van der Waals surface area contributed by atoms with Crippen molar-refractivity contribution < 1.29 is 22.0 Å². The van der Waals surface area contributed by atoms with E-state index < -0.39 is 18.6 Å². The molecule has 90 valence electrons. The summed E-state index contributed by atoms with van der Waals surface area (Å²) in [5.74, 6) is -2.66. The lowest BCUT2D eigenvalue weighted by Gasteiger charge is -2.28. The molecule has 0 aromatic heterocycles. The Morgan fingerprint density at radius 2 is 1.67 bits per heavy atom. The van der Waals surface area contributed by atoms with Crippen molar-refractivity contribution >= 4 is 0 Å². The van der Waals surface area contributed by atoms with Gasteiger partial charge in [-0.1, -0.05) is 0 Å². The molecule has 1 aliphatic carbocycles. The summed E-state index contributed by atoms with van der Waals surface area (Å²) in [6.07, 6.45) is -4.02. The Balaban J connectivity index is 2.14. The zero-order valence-corrected chi connectivity index (χ0v) is 8.21. The molecule has 15 heavy (non-hydrogen) atoms. The Labute approximate surface area is 85.0 Å². The molecule has 6 heteroatoms. The zero-order chi connectivity index (χ0) is 11.5. The van der Waals surface area contributed by atoms with E-state index in [1.54, 1.807) is 0 Å². The van der Waals surface area contributed by atoms with Gasteiger partial charge in [0.1, 0.15) is 0 Å². The highest BCUT2D eigenvalue weighted by Gasteiger charge is 2.35. The van der Waals surface area contributed by atoms with Crippen LogP contribution >= 0.6 is 0 Å². The summed E-state index contributed by atoms with van der Waals surface area (Å²) in [7, 11) is 0. The van der Waals surface area contributed by atoms with Crippen LogP contribution < -0.4 is 5.32 Å². The average molecular weight is 231 g/mol. The third-order valence-electron chi connectivity index (χ3n) is 2.60. The Morgan fingerprint density at radius 1 is 1.13 bits per heavy atom. The Kier molecular flexibility index (Phi) is 3.92. The fraction of sp³-hybridized carbons (Fsp3) is 1.00. The Morgan fingerprint density at radius 3 is 2.13 bits per heavy atom. The summed E-state index contributed by atoms with van der Waals surface area (Å²) in [5.41, 5.74) is 0. The molecular weight excluding hydrogens is 217 g/mol. The number of hydrogen-bond acceptors (Lipinski definition) is 1. The SMILES string of the molecule is FC(F)(F)CNCC1CCC(F)(F)CC1. The maximum absolute atomic E-state index is 12.7. The molecule has 0 spiro atoms. The normalized spacial score (nSPS) is 23.0. The van der Waals surface area contributed by atoms with Gasteiger partial charge in [-0.05, 0) is 25.3 Å². The van der Waals surface area contributed by atoms with Gasteiger partial charge in [0.25, 0.3) is 0 Å². The molecule has 1 rings (SSSR count). The first-order valence-electron chi connectivity index (χ1n) is 4.94. The van der Waals surface area contributed by atoms with Gasteiger partial charge >= 0.3 is 6.18 Å². The molecule has 0 unspecified atom stereocenters. The second-order valence-corrected chi connectivity index (χ2v) is 4.05. The quantitative estimate of drug-likeness (QED) is 0.736. The van der Waals surface area contributed by atoms with Crippen molar-refractivity contribution in [3.05, 3.63) is 0 Å². The van der Waals surface area contributed by atoms with Gasteiger partial charge in [0.15, 0.2) is 0 Å². The molecule has 0 aromatic carbocycles. The molecule has 0 aliphatic heterocycles. The third kappa shape index (κ3) is 5.30. The van der Waals surface area contributed by atoms with E-state index in [0.717, 1.165) is 0 Å². The highest BCUT2D eigenvalue weighted by atomic mass is 19.4. The number of rotatable bonds is 3. The summed E-state index contributed by atoms with van der Waals surface area (Å²) >= 11 is 0. The summed E-state index contributed by atoms with van der Waals surface area (Å²) in [4.78, 5) is 0. The van der Waals surface area contributed by atoms with Crippen molar-refractivity contribution in [2.75, 3.05) is 13.1 Å². The van der Waals surface area contributed by atoms with Crippen molar-refractivity contribution in [1.82, 2.24) is 5.32 Å². The minimum Gasteiger partial charge on any atom is -0.308 e. The second kappa shape index (κ2) is 4.63. The molecule has 0 atom stereocenters. The van der Waals surface area contributed by atoms with Crippen LogP contribution in [0.3, 0.4) is 0 Å². The van der Waals surface area contributed by atoms with E-state index in [2.05, 4.69) is 5.32 Å². The molecule has 0 amide bonds. The summed E-state index contributed by atoms with van der Waals surface area (Å²) in [5, 5.41) is 2.25. The molecule has 1 nitrogen and oxygen atoms in total. The van der Waals surface area contributed by atoms with Crippen LogP contribution in [-0.4, -0.2) is 25.2 Å². The predicted octanol–water partition coefficient (Wildman–Crippen LogP) is 2.96. The van der Waals surface area contributed by atoms with Crippen LogP contribution in [0, 0.1) is 5.92 Å². The largest absolute Gasteiger partial charge is 0.401 e. The number of nitrogens with one attached hydrogen (secondary N) is 1. The Bertz CT molecular complexity index is 191. The number of hydrogen-bond donors (Lipinski definition) is 1. The number of halogens is 5. The van der Waals surface area contributed by atoms with Gasteiger partial charge in [0.05, 0.1) is 6.54 Å². The van der Waals surface area contributed by atoms with E-state index in [1.165, 1.54) is 0 Å². The molecule has 1 fully saturated rings. The van der Waals surface area contributed by atoms with Crippen molar-refractivity contribution in [2.24, 2.45) is 5.92 Å². The highest BCUT2D eigenvalue weighted by molar-refractivity contribution is 4.78. The van der Waals surface area contributed by atoms with E-state index in [-0.39, 0.29) is 25.3 Å². The summed E-state index contributed by atoms with van der Waals surface area (Å²) in [6, 6.07) is 0. The molecule has 0 bridgehead atoms. The topological polar surface area (TPSA) is 12.0 Å². The van der Waals surface area contributed by atoms with Crippen LogP contribution in [0.2, 0.25) is 0 Å². The van der Waals surface area contributed by atoms with E-state index in [0.29, 0.717) is 12.8 Å². The molecular formula is C9H14F5N. The maximum atomic E-state index is 12.7. The van der Waals surface area contributed by atoms with Crippen molar-refractivity contribution in [2.45, 2.75) is 37.8 Å². The summed E-state index contributed by atoms with van der Waals surface area (Å²) in [6.45, 7) is -0.866. The van der Waals surface area contributed by atoms with E-state index in [1.807, 2.05) is 0 Å². The third-order valence-corrected chi connectivity index (χ3v) is 2.60. The van der Waals surface area contributed by atoms with Crippen LogP contribution in [0.4, 0.5) is 22.0 Å². The predicted molar refractivity (Wildman–Crippen MR) is 45.8 cm³/mol. The molecule has 1 saturated carbocycles. The van der Waals surface area contributed by atoms with Gasteiger partial charge in [-0.3, -0.25) is 0 Å². The van der Waals surface area contributed by atoms with Crippen LogP contribution in [-0.2, 0) is 0 Å². The minimum atomic E-state index is -4.22. The van der Waals surface area contributed by atoms with Gasteiger partial charge in [-0.2, -0.15) is 13.2 Å². The molecule has 0 aromatic rings. The summed E-state index contributed by atoms with van der Waals surface area (Å²) < 4.78 is 60.6. The number of alkyl halides is 5. The molecule has 1 aliphatic rings. The van der Waals surface area contributed by atoms with Crippen molar-refractivity contribution in [3.63, 3.8) is 0 Å². The zero-order valence-electron chi connectivity index (χ0n) is 8.21. The first-order chi connectivity index (χ1) is 6.79. The average Bonchev–Trinajstić information content (AvgIpc) is 2.06. The minimum absolute atomic E-state index is 0.0491. The van der Waals surface area contributed by atoms with Gasteiger partial charge < -0.3 is 5.32 Å². The van der Waals surface area contributed by atoms with E-state index in [4.69, 9.17) is 0 Å². The van der Waals surface area contributed by atoms with Crippen LogP contribution in [0.15, 0.2) is 0 Å². The fourth-order valence-corrected chi connectivity index (χ4v) is 1.72. The Hall–Kier alpha value is -0.390. The van der Waals surface area contributed by atoms with Crippen LogP contribution in [0.25, 0.3) is 0 Å². The lowest BCUT2D eigenvalue weighted by atomic mass is 9.87. The van der Waals surface area contributed by atoms with Gasteiger partial charge in [0, 0.05) is 12.8 Å². The second-order valence-electron chi connectivity index (χ2n) is 4.05. The highest BCUT2D eigenvalue weighted by Crippen LogP contribution is 2.35. The smallest absolute Gasteiger partial charge is 0.308 e. The van der Waals surface area contributed by atoms with Crippen molar-refractivity contribution in [3.8, 4) is 0 Å². The fourth-order valence-electron chi connectivity index (χ4n) is 1.72. The van der Waals surface area contributed by atoms with Crippen LogP contribution in [0.5, 0.6) is 0 Å². The molecule has 0 saturated heterocycles. The maximum Gasteiger partial charge on any atom is 0.401 e. The molecule has 0 heterocycles. The monoisotopic (exact) mass is 231 g/mol. The standard InChI is InChI=1S/C9H14F5N/c10-8(11)3-1-7(2-4-8)5-15-6-9(12,13)14/h7,15H,1-6H2. The molecule has 1 N–H and O–H groups in total. The van der Waals surface area contributed by atoms with Gasteiger partial charge in [0.2, 0.25) is 5.92 Å². The van der Waals surface area contributed by atoms with Crippen molar-refractivity contribution in [1.29, 1.82) is 0 Å². The lowest BCUT2D eigenvalue weighted by molar-refractivity contribution is -0.125. The molecule has 0 radical (unpaired) electrons. The van der Waals surface area contributed by atoms with E-state index >= 15 is 0 Å². The first kappa shape index (κ1) is 12.7. The van der Waals surface area contributed by atoms with Crippen LogP contribution in [0.1, 0.15) is 25.7 Å².